The quantitative estimate of drug-likeness (QED) is 0.570. The second-order valence-corrected chi connectivity index (χ2v) is 8.45. The highest BCUT2D eigenvalue weighted by molar-refractivity contribution is 7.92. The van der Waals surface area contributed by atoms with Gasteiger partial charge in [0.1, 0.15) is 5.75 Å². The molecular formula is C23H24N2O4S. The number of benzene rings is 3. The van der Waals surface area contributed by atoms with E-state index in [0.717, 1.165) is 16.9 Å². The van der Waals surface area contributed by atoms with Crippen molar-refractivity contribution in [1.29, 1.82) is 0 Å². The number of rotatable bonds is 8. The molecule has 30 heavy (non-hydrogen) atoms. The molecule has 0 aromatic heterocycles. The van der Waals surface area contributed by atoms with Crippen LogP contribution in [0.15, 0.2) is 77.7 Å². The van der Waals surface area contributed by atoms with Crippen LogP contribution in [-0.4, -0.2) is 20.9 Å². The smallest absolute Gasteiger partial charge is 0.261 e. The maximum Gasteiger partial charge on any atom is 0.261 e. The Morgan fingerprint density at radius 2 is 1.73 bits per heavy atom. The average Bonchev–Trinajstić information content (AvgIpc) is 2.72. The Morgan fingerprint density at radius 3 is 2.50 bits per heavy atom. The molecule has 156 valence electrons. The van der Waals surface area contributed by atoms with Crippen LogP contribution < -0.4 is 14.8 Å². The molecule has 0 aliphatic rings. The van der Waals surface area contributed by atoms with Crippen molar-refractivity contribution in [1.82, 2.24) is 5.32 Å². The fourth-order valence-corrected chi connectivity index (χ4v) is 4.02. The Kier molecular flexibility index (Phi) is 6.74. The maximum absolute atomic E-state index is 12.7. The highest BCUT2D eigenvalue weighted by Gasteiger charge is 2.16. The van der Waals surface area contributed by atoms with Crippen molar-refractivity contribution in [3.05, 3.63) is 89.5 Å². The van der Waals surface area contributed by atoms with Gasteiger partial charge in [-0.25, -0.2) is 8.42 Å². The zero-order valence-corrected chi connectivity index (χ0v) is 17.7. The number of carbonyl (C=O) groups excluding carboxylic acids is 1. The largest absolute Gasteiger partial charge is 0.494 e. The van der Waals surface area contributed by atoms with E-state index in [1.165, 1.54) is 12.1 Å². The fourth-order valence-electron chi connectivity index (χ4n) is 2.92. The summed E-state index contributed by atoms with van der Waals surface area (Å²) in [6, 6.07) is 20.5. The first-order chi connectivity index (χ1) is 14.4. The third-order valence-corrected chi connectivity index (χ3v) is 5.72. The van der Waals surface area contributed by atoms with Gasteiger partial charge < -0.3 is 10.1 Å². The second kappa shape index (κ2) is 9.45. The lowest BCUT2D eigenvalue weighted by atomic mass is 10.2. The zero-order chi connectivity index (χ0) is 21.6. The van der Waals surface area contributed by atoms with Gasteiger partial charge in [0.15, 0.2) is 0 Å². The van der Waals surface area contributed by atoms with Crippen molar-refractivity contribution in [2.45, 2.75) is 25.3 Å². The Bertz CT molecular complexity index is 1140. The van der Waals surface area contributed by atoms with Crippen molar-refractivity contribution < 1.29 is 17.9 Å². The van der Waals surface area contributed by atoms with Gasteiger partial charge in [0.05, 0.1) is 11.5 Å². The first-order valence-corrected chi connectivity index (χ1v) is 11.0. The Hall–Kier alpha value is -3.32. The molecule has 0 saturated carbocycles. The van der Waals surface area contributed by atoms with E-state index >= 15 is 0 Å². The molecule has 0 saturated heterocycles. The Labute approximate surface area is 177 Å². The van der Waals surface area contributed by atoms with Crippen LogP contribution in [0.2, 0.25) is 0 Å². The standard InChI is InChI=1S/C23H24N2O4S/c1-3-29-21-11-5-8-18(14-21)16-24-23(26)19-9-6-12-22(15-19)30(27,28)25-20-10-4-7-17(2)13-20/h4-15,25H,3,16H2,1-2H3,(H,24,26). The Balaban J connectivity index is 1.71. The molecule has 0 radical (unpaired) electrons. The van der Waals surface area contributed by atoms with E-state index in [1.54, 1.807) is 30.3 Å². The van der Waals surface area contributed by atoms with Gasteiger partial charge in [0.2, 0.25) is 0 Å². The molecule has 0 unspecified atom stereocenters. The molecule has 0 heterocycles. The lowest BCUT2D eigenvalue weighted by Gasteiger charge is -2.11. The number of amides is 1. The molecule has 7 heteroatoms. The van der Waals surface area contributed by atoms with Gasteiger partial charge in [-0.15, -0.1) is 0 Å². The summed E-state index contributed by atoms with van der Waals surface area (Å²) >= 11 is 0. The number of ether oxygens (including phenoxy) is 1. The van der Waals surface area contributed by atoms with Gasteiger partial charge in [0.25, 0.3) is 15.9 Å². The van der Waals surface area contributed by atoms with Crippen molar-refractivity contribution in [3.63, 3.8) is 0 Å². The van der Waals surface area contributed by atoms with Crippen molar-refractivity contribution in [2.24, 2.45) is 0 Å². The number of carbonyl (C=O) groups is 1. The summed E-state index contributed by atoms with van der Waals surface area (Å²) in [6.45, 7) is 4.65. The molecule has 6 nitrogen and oxygen atoms in total. The number of sulfonamides is 1. The minimum Gasteiger partial charge on any atom is -0.494 e. The molecule has 3 rings (SSSR count). The van der Waals surface area contributed by atoms with Crippen LogP contribution >= 0.6 is 0 Å². The average molecular weight is 425 g/mol. The van der Waals surface area contributed by atoms with E-state index in [4.69, 9.17) is 4.74 Å². The predicted octanol–water partition coefficient (Wildman–Crippen LogP) is 4.12. The first kappa shape index (κ1) is 21.4. The topological polar surface area (TPSA) is 84.5 Å². The van der Waals surface area contributed by atoms with E-state index in [-0.39, 0.29) is 16.4 Å². The monoisotopic (exact) mass is 424 g/mol. The number of hydrogen-bond acceptors (Lipinski definition) is 4. The first-order valence-electron chi connectivity index (χ1n) is 9.57. The zero-order valence-electron chi connectivity index (χ0n) is 16.9. The number of nitrogens with one attached hydrogen (secondary N) is 2. The summed E-state index contributed by atoms with van der Waals surface area (Å²) in [5.74, 6) is 0.379. The SMILES string of the molecule is CCOc1cccc(CNC(=O)c2cccc(S(=O)(=O)Nc3cccc(C)c3)c2)c1. The molecule has 3 aromatic carbocycles. The summed E-state index contributed by atoms with van der Waals surface area (Å²) in [6.07, 6.45) is 0. The number of anilines is 1. The summed E-state index contributed by atoms with van der Waals surface area (Å²) in [4.78, 5) is 12.6. The predicted molar refractivity (Wildman–Crippen MR) is 117 cm³/mol. The van der Waals surface area contributed by atoms with Gasteiger partial charge in [-0.3, -0.25) is 9.52 Å². The molecule has 0 atom stereocenters. The number of hydrogen-bond donors (Lipinski definition) is 2. The van der Waals surface area contributed by atoms with Crippen molar-refractivity contribution >= 4 is 21.6 Å². The van der Waals surface area contributed by atoms with Crippen molar-refractivity contribution in [2.75, 3.05) is 11.3 Å². The van der Waals surface area contributed by atoms with Gasteiger partial charge in [-0.1, -0.05) is 30.3 Å². The van der Waals surface area contributed by atoms with Crippen LogP contribution in [0.1, 0.15) is 28.4 Å². The number of aryl methyl sites for hydroxylation is 1. The molecule has 0 bridgehead atoms. The normalized spacial score (nSPS) is 11.0. The van der Waals surface area contributed by atoms with Gasteiger partial charge in [-0.2, -0.15) is 0 Å². The fraction of sp³-hybridized carbons (Fsp3) is 0.174. The molecular weight excluding hydrogens is 400 g/mol. The van der Waals surface area contributed by atoms with Crippen LogP contribution in [0, 0.1) is 6.92 Å². The van der Waals surface area contributed by atoms with Crippen LogP contribution in [0.25, 0.3) is 0 Å². The van der Waals surface area contributed by atoms with Gasteiger partial charge in [0, 0.05) is 17.8 Å². The third-order valence-electron chi connectivity index (χ3n) is 4.34. The van der Waals surface area contributed by atoms with E-state index in [0.29, 0.717) is 18.8 Å². The lowest BCUT2D eigenvalue weighted by Crippen LogP contribution is -2.23. The molecule has 0 spiro atoms. The van der Waals surface area contributed by atoms with Crippen LogP contribution in [0.4, 0.5) is 5.69 Å². The van der Waals surface area contributed by atoms with Crippen LogP contribution in [-0.2, 0) is 16.6 Å². The molecule has 0 aliphatic heterocycles. The van der Waals surface area contributed by atoms with Crippen LogP contribution in [0.3, 0.4) is 0 Å². The molecule has 0 aliphatic carbocycles. The van der Waals surface area contributed by atoms with Crippen LogP contribution in [0.5, 0.6) is 5.75 Å². The summed E-state index contributed by atoms with van der Waals surface area (Å²) in [5.41, 5.74) is 2.57. The molecule has 1 amide bonds. The third kappa shape index (κ3) is 5.61. The van der Waals surface area contributed by atoms with E-state index in [9.17, 15) is 13.2 Å². The molecule has 0 fully saturated rings. The highest BCUT2D eigenvalue weighted by Crippen LogP contribution is 2.18. The Morgan fingerprint density at radius 1 is 0.967 bits per heavy atom. The summed E-state index contributed by atoms with van der Waals surface area (Å²) in [7, 11) is -3.81. The minimum atomic E-state index is -3.81. The van der Waals surface area contributed by atoms with E-state index in [1.807, 2.05) is 44.2 Å². The van der Waals surface area contributed by atoms with Gasteiger partial charge >= 0.3 is 0 Å². The van der Waals surface area contributed by atoms with E-state index in [2.05, 4.69) is 10.0 Å². The maximum atomic E-state index is 12.7. The van der Waals surface area contributed by atoms with Gasteiger partial charge in [-0.05, 0) is 67.4 Å². The van der Waals surface area contributed by atoms with E-state index < -0.39 is 10.0 Å². The highest BCUT2D eigenvalue weighted by atomic mass is 32.2. The molecule has 2 N–H and O–H groups in total. The van der Waals surface area contributed by atoms with Crippen molar-refractivity contribution in [3.8, 4) is 5.75 Å². The second-order valence-electron chi connectivity index (χ2n) is 6.77. The summed E-state index contributed by atoms with van der Waals surface area (Å²) in [5, 5.41) is 2.81. The lowest BCUT2D eigenvalue weighted by molar-refractivity contribution is 0.0950. The summed E-state index contributed by atoms with van der Waals surface area (Å²) < 4.78 is 33.4. The molecule has 3 aromatic rings. The minimum absolute atomic E-state index is 0.0231.